The van der Waals surface area contributed by atoms with Crippen molar-refractivity contribution in [1.29, 1.82) is 0 Å². The molecular weight excluding hydrogens is 342 g/mol. The lowest BCUT2D eigenvalue weighted by atomic mass is 10.1. The number of benzene rings is 1. The highest BCUT2D eigenvalue weighted by Crippen LogP contribution is 2.18. The van der Waals surface area contributed by atoms with Crippen LogP contribution in [-0.4, -0.2) is 41.4 Å². The number of rotatable bonds is 8. The summed E-state index contributed by atoms with van der Waals surface area (Å²) in [6.07, 6.45) is 4.98. The highest BCUT2D eigenvalue weighted by Gasteiger charge is 2.15. The van der Waals surface area contributed by atoms with Crippen molar-refractivity contribution in [3.63, 3.8) is 0 Å². The molecule has 27 heavy (non-hydrogen) atoms. The van der Waals surface area contributed by atoms with Crippen molar-refractivity contribution in [3.8, 4) is 5.75 Å². The van der Waals surface area contributed by atoms with Crippen LogP contribution in [0.2, 0.25) is 0 Å². The van der Waals surface area contributed by atoms with Gasteiger partial charge >= 0.3 is 0 Å². The smallest absolute Gasteiger partial charge is 0.257 e. The highest BCUT2D eigenvalue weighted by atomic mass is 16.5. The maximum Gasteiger partial charge on any atom is 0.257 e. The van der Waals surface area contributed by atoms with Crippen LogP contribution in [0.4, 0.5) is 5.69 Å². The van der Waals surface area contributed by atoms with Gasteiger partial charge in [0.1, 0.15) is 5.75 Å². The topological polar surface area (TPSA) is 71.5 Å². The third kappa shape index (κ3) is 6.09. The minimum Gasteiger partial charge on any atom is -0.491 e. The third-order valence-corrected chi connectivity index (χ3v) is 3.93. The minimum absolute atomic E-state index is 0.0900. The van der Waals surface area contributed by atoms with Gasteiger partial charge < -0.3 is 15.0 Å². The van der Waals surface area contributed by atoms with Crippen LogP contribution in [0.3, 0.4) is 0 Å². The van der Waals surface area contributed by atoms with Gasteiger partial charge in [-0.15, -0.1) is 0 Å². The number of nitrogens with zero attached hydrogens (tertiary/aromatic N) is 2. The van der Waals surface area contributed by atoms with Gasteiger partial charge in [-0.25, -0.2) is 0 Å². The number of amides is 2. The second-order valence-electron chi connectivity index (χ2n) is 6.69. The zero-order valence-corrected chi connectivity index (χ0v) is 16.4. The van der Waals surface area contributed by atoms with Crippen molar-refractivity contribution >= 4 is 17.5 Å². The van der Waals surface area contributed by atoms with Gasteiger partial charge in [0.15, 0.2) is 0 Å². The molecule has 2 aromatic rings. The molecule has 0 aliphatic carbocycles. The summed E-state index contributed by atoms with van der Waals surface area (Å²) in [5, 5.41) is 2.81. The van der Waals surface area contributed by atoms with E-state index in [1.165, 1.54) is 12.4 Å². The molecular formula is C21H27N3O3. The van der Waals surface area contributed by atoms with Crippen LogP contribution in [0.5, 0.6) is 5.75 Å². The van der Waals surface area contributed by atoms with E-state index in [1.54, 1.807) is 42.3 Å². The first-order chi connectivity index (χ1) is 12.9. The average molecular weight is 369 g/mol. The lowest BCUT2D eigenvalue weighted by Gasteiger charge is -2.16. The summed E-state index contributed by atoms with van der Waals surface area (Å²) in [6.45, 7) is 6.66. The fraction of sp³-hybridized carbons (Fsp3) is 0.381. The number of hydrogen-bond donors (Lipinski definition) is 1. The minimum atomic E-state index is -0.314. The quantitative estimate of drug-likeness (QED) is 0.764. The van der Waals surface area contributed by atoms with Gasteiger partial charge in [-0.2, -0.15) is 0 Å². The molecule has 1 aromatic heterocycles. The molecule has 2 rings (SSSR count). The van der Waals surface area contributed by atoms with E-state index in [0.717, 1.165) is 18.6 Å². The van der Waals surface area contributed by atoms with Crippen molar-refractivity contribution < 1.29 is 14.3 Å². The number of nitrogens with one attached hydrogen (secondary N) is 1. The number of ether oxygens (including phenoxy) is 1. The number of aromatic nitrogens is 1. The molecule has 0 aliphatic rings. The fourth-order valence-corrected chi connectivity index (χ4v) is 2.49. The molecule has 144 valence electrons. The van der Waals surface area contributed by atoms with E-state index in [-0.39, 0.29) is 17.9 Å². The van der Waals surface area contributed by atoms with Crippen LogP contribution in [-0.2, 0) is 0 Å². The van der Waals surface area contributed by atoms with Gasteiger partial charge in [0.2, 0.25) is 0 Å². The molecule has 1 N–H and O–H groups in total. The lowest BCUT2D eigenvalue weighted by Crippen LogP contribution is -2.28. The van der Waals surface area contributed by atoms with Crippen molar-refractivity contribution in [1.82, 2.24) is 9.88 Å². The number of hydrogen-bond acceptors (Lipinski definition) is 4. The van der Waals surface area contributed by atoms with Crippen molar-refractivity contribution in [2.75, 3.05) is 18.9 Å². The Morgan fingerprint density at radius 1 is 1.15 bits per heavy atom. The molecule has 0 spiro atoms. The maximum absolute atomic E-state index is 12.5. The van der Waals surface area contributed by atoms with Gasteiger partial charge in [-0.05, 0) is 50.6 Å². The Morgan fingerprint density at radius 3 is 2.44 bits per heavy atom. The first kappa shape index (κ1) is 20.4. The molecule has 0 radical (unpaired) electrons. The van der Waals surface area contributed by atoms with E-state index >= 15 is 0 Å². The third-order valence-electron chi connectivity index (χ3n) is 3.93. The number of carbonyl (C=O) groups excluding carboxylic acids is 2. The lowest BCUT2D eigenvalue weighted by molar-refractivity contribution is 0.0793. The molecule has 2 amide bonds. The van der Waals surface area contributed by atoms with Crippen LogP contribution in [0.15, 0.2) is 42.7 Å². The second kappa shape index (κ2) is 9.71. The van der Waals surface area contributed by atoms with Crippen LogP contribution in [0.1, 0.15) is 54.3 Å². The molecule has 0 saturated heterocycles. The Morgan fingerprint density at radius 2 is 1.81 bits per heavy atom. The summed E-state index contributed by atoms with van der Waals surface area (Å²) in [5.41, 5.74) is 1.39. The average Bonchev–Trinajstić information content (AvgIpc) is 2.66. The van der Waals surface area contributed by atoms with E-state index in [1.807, 2.05) is 13.8 Å². The molecule has 1 aromatic carbocycles. The fourth-order valence-electron chi connectivity index (χ4n) is 2.49. The standard InChI is InChI=1S/C21H27N3O3/c1-5-6-11-24(4)21(26)17-12-16(13-22-14-17)20(25)23-18-7-9-19(10-8-18)27-15(2)3/h7-10,12-15H,5-6,11H2,1-4H3,(H,23,25). The normalized spacial score (nSPS) is 10.6. The summed E-state index contributed by atoms with van der Waals surface area (Å²) in [5.74, 6) is 0.291. The van der Waals surface area contributed by atoms with E-state index in [4.69, 9.17) is 4.74 Å². The largest absolute Gasteiger partial charge is 0.491 e. The summed E-state index contributed by atoms with van der Waals surface area (Å²) < 4.78 is 5.59. The van der Waals surface area contributed by atoms with Gasteiger partial charge in [0, 0.05) is 31.7 Å². The van der Waals surface area contributed by atoms with Crippen LogP contribution in [0, 0.1) is 0 Å². The Hall–Kier alpha value is -2.89. The van der Waals surface area contributed by atoms with Gasteiger partial charge in [0.25, 0.3) is 11.8 Å². The Bertz CT molecular complexity index is 772. The number of pyridine rings is 1. The SMILES string of the molecule is CCCCN(C)C(=O)c1cncc(C(=O)Nc2ccc(OC(C)C)cc2)c1. The Labute approximate surface area is 160 Å². The summed E-state index contributed by atoms with van der Waals surface area (Å²) in [6, 6.07) is 8.73. The summed E-state index contributed by atoms with van der Waals surface area (Å²) >= 11 is 0. The monoisotopic (exact) mass is 369 g/mol. The molecule has 6 heteroatoms. The molecule has 0 fully saturated rings. The summed E-state index contributed by atoms with van der Waals surface area (Å²) in [4.78, 5) is 30.6. The van der Waals surface area contributed by atoms with Gasteiger partial charge in [0.05, 0.1) is 17.2 Å². The molecule has 1 heterocycles. The molecule has 0 unspecified atom stereocenters. The van der Waals surface area contributed by atoms with E-state index in [9.17, 15) is 9.59 Å². The number of anilines is 1. The zero-order valence-electron chi connectivity index (χ0n) is 16.4. The number of carbonyl (C=O) groups is 2. The predicted octanol–water partition coefficient (Wildman–Crippen LogP) is 3.99. The van der Waals surface area contributed by atoms with Crippen LogP contribution >= 0.6 is 0 Å². The first-order valence-corrected chi connectivity index (χ1v) is 9.19. The maximum atomic E-state index is 12.5. The molecule has 0 aliphatic heterocycles. The van der Waals surface area contributed by atoms with Crippen LogP contribution in [0.25, 0.3) is 0 Å². The van der Waals surface area contributed by atoms with Crippen LogP contribution < -0.4 is 10.1 Å². The summed E-state index contributed by atoms with van der Waals surface area (Å²) in [7, 11) is 1.76. The van der Waals surface area contributed by atoms with Gasteiger partial charge in [-0.3, -0.25) is 14.6 Å². The Kier molecular flexibility index (Phi) is 7.34. The first-order valence-electron chi connectivity index (χ1n) is 9.19. The van der Waals surface area contributed by atoms with E-state index in [2.05, 4.69) is 17.2 Å². The molecule has 0 bridgehead atoms. The molecule has 6 nitrogen and oxygen atoms in total. The Balaban J connectivity index is 2.05. The zero-order chi connectivity index (χ0) is 19.8. The van der Waals surface area contributed by atoms with Crippen molar-refractivity contribution in [2.24, 2.45) is 0 Å². The van der Waals surface area contributed by atoms with Crippen molar-refractivity contribution in [2.45, 2.75) is 39.7 Å². The van der Waals surface area contributed by atoms with Crippen molar-refractivity contribution in [3.05, 3.63) is 53.9 Å². The molecule has 0 saturated carbocycles. The van der Waals surface area contributed by atoms with E-state index < -0.39 is 0 Å². The highest BCUT2D eigenvalue weighted by molar-refractivity contribution is 6.05. The van der Waals surface area contributed by atoms with Gasteiger partial charge in [-0.1, -0.05) is 13.3 Å². The second-order valence-corrected chi connectivity index (χ2v) is 6.69. The molecule has 0 atom stereocenters. The van der Waals surface area contributed by atoms with E-state index in [0.29, 0.717) is 23.4 Å². The number of unbranched alkanes of at least 4 members (excludes halogenated alkanes) is 1. The predicted molar refractivity (Wildman–Crippen MR) is 106 cm³/mol.